The molecule has 0 unspecified atom stereocenters. The van der Waals surface area contributed by atoms with E-state index in [0.29, 0.717) is 10.7 Å². The number of aromatic nitrogens is 3. The van der Waals surface area contributed by atoms with Crippen LogP contribution < -0.4 is 0 Å². The van der Waals surface area contributed by atoms with Gasteiger partial charge in [-0.3, -0.25) is 0 Å². The lowest BCUT2D eigenvalue weighted by Gasteiger charge is -2.08. The molecule has 1 heterocycles. The Kier molecular flexibility index (Phi) is 4.09. The second-order valence-corrected chi connectivity index (χ2v) is 5.26. The number of hydrogen-bond acceptors (Lipinski definition) is 4. The molecule has 2 aromatic rings. The highest BCUT2D eigenvalue weighted by Crippen LogP contribution is 2.21. The molecule has 0 saturated heterocycles. The monoisotopic (exact) mass is 293 g/mol. The summed E-state index contributed by atoms with van der Waals surface area (Å²) in [5.41, 5.74) is 2.64. The zero-order chi connectivity index (χ0) is 14.9. The predicted octanol–water partition coefficient (Wildman–Crippen LogP) is 3.10. The topological polar surface area (TPSA) is 57.0 Å². The molecule has 0 aliphatic carbocycles. The second-order valence-electron chi connectivity index (χ2n) is 4.82. The summed E-state index contributed by atoms with van der Waals surface area (Å²) in [6, 6.07) is 5.49. The Morgan fingerprint density at radius 1 is 1.35 bits per heavy atom. The summed E-state index contributed by atoms with van der Waals surface area (Å²) in [7, 11) is 0. The summed E-state index contributed by atoms with van der Waals surface area (Å²) < 4.78 is 6.73. The maximum Gasteiger partial charge on any atom is 0.361 e. The van der Waals surface area contributed by atoms with E-state index in [-0.39, 0.29) is 11.8 Å². The summed E-state index contributed by atoms with van der Waals surface area (Å²) in [6.07, 6.45) is -0.194. The molecule has 0 bridgehead atoms. The highest BCUT2D eigenvalue weighted by molar-refractivity contribution is 6.30. The zero-order valence-corrected chi connectivity index (χ0v) is 12.6. The summed E-state index contributed by atoms with van der Waals surface area (Å²) >= 11 is 6.00. The van der Waals surface area contributed by atoms with Gasteiger partial charge < -0.3 is 4.74 Å². The van der Waals surface area contributed by atoms with Crippen LogP contribution in [-0.4, -0.2) is 27.1 Å². The number of esters is 1. The van der Waals surface area contributed by atoms with E-state index in [4.69, 9.17) is 16.3 Å². The molecular formula is C14H16ClN3O2. The van der Waals surface area contributed by atoms with Crippen LogP contribution in [0.4, 0.5) is 0 Å². The number of carbonyl (C=O) groups excluding carboxylic acids is 1. The number of hydrogen-bond donors (Lipinski definition) is 0. The molecule has 0 saturated carbocycles. The molecule has 0 spiro atoms. The molecule has 2 rings (SSSR count). The normalized spacial score (nSPS) is 10.9. The van der Waals surface area contributed by atoms with Crippen molar-refractivity contribution in [3.8, 4) is 5.69 Å². The van der Waals surface area contributed by atoms with Crippen LogP contribution in [0.5, 0.6) is 0 Å². The van der Waals surface area contributed by atoms with Crippen LogP contribution in [0.2, 0.25) is 5.02 Å². The van der Waals surface area contributed by atoms with Gasteiger partial charge in [-0.05, 0) is 45.4 Å². The van der Waals surface area contributed by atoms with Crippen molar-refractivity contribution in [3.05, 3.63) is 40.2 Å². The number of aryl methyl sites for hydroxylation is 1. The average Bonchev–Trinajstić information content (AvgIpc) is 2.73. The lowest BCUT2D eigenvalue weighted by atomic mass is 10.2. The fourth-order valence-electron chi connectivity index (χ4n) is 1.83. The fraction of sp³-hybridized carbons (Fsp3) is 0.357. The van der Waals surface area contributed by atoms with Crippen molar-refractivity contribution in [2.45, 2.75) is 33.8 Å². The summed E-state index contributed by atoms with van der Waals surface area (Å²) in [5, 5.41) is 8.54. The minimum absolute atomic E-state index is 0.194. The van der Waals surface area contributed by atoms with E-state index >= 15 is 0 Å². The smallest absolute Gasteiger partial charge is 0.361 e. The molecule has 0 aliphatic heterocycles. The highest BCUT2D eigenvalue weighted by atomic mass is 35.5. The molecular weight excluding hydrogens is 278 g/mol. The molecule has 106 valence electrons. The quantitative estimate of drug-likeness (QED) is 0.816. The minimum Gasteiger partial charge on any atom is -0.458 e. The number of rotatable bonds is 3. The number of halogens is 1. The van der Waals surface area contributed by atoms with Crippen molar-refractivity contribution in [2.75, 3.05) is 0 Å². The van der Waals surface area contributed by atoms with Crippen LogP contribution in [0.1, 0.15) is 35.6 Å². The summed E-state index contributed by atoms with van der Waals surface area (Å²) in [4.78, 5) is 11.9. The third-order valence-electron chi connectivity index (χ3n) is 2.83. The largest absolute Gasteiger partial charge is 0.458 e. The molecule has 0 aliphatic rings. The van der Waals surface area contributed by atoms with Crippen LogP contribution >= 0.6 is 11.6 Å². The first-order valence-corrected chi connectivity index (χ1v) is 6.67. The van der Waals surface area contributed by atoms with E-state index in [9.17, 15) is 4.79 Å². The Hall–Kier alpha value is -1.88. The molecule has 1 aromatic carbocycles. The first-order valence-electron chi connectivity index (χ1n) is 6.30. The summed E-state index contributed by atoms with van der Waals surface area (Å²) in [5.74, 6) is -0.469. The van der Waals surface area contributed by atoms with Crippen LogP contribution in [0.15, 0.2) is 18.2 Å². The second kappa shape index (κ2) is 5.63. The van der Waals surface area contributed by atoms with Gasteiger partial charge in [0.15, 0.2) is 5.69 Å². The van der Waals surface area contributed by atoms with E-state index < -0.39 is 5.97 Å². The van der Waals surface area contributed by atoms with Gasteiger partial charge in [0.2, 0.25) is 0 Å². The molecule has 0 fully saturated rings. The van der Waals surface area contributed by atoms with Crippen molar-refractivity contribution >= 4 is 17.6 Å². The van der Waals surface area contributed by atoms with E-state index in [2.05, 4.69) is 10.3 Å². The Balaban J connectivity index is 2.43. The lowest BCUT2D eigenvalue weighted by Crippen LogP contribution is -2.13. The molecule has 0 atom stereocenters. The van der Waals surface area contributed by atoms with Gasteiger partial charge >= 0.3 is 5.97 Å². The molecule has 1 aromatic heterocycles. The molecule has 0 radical (unpaired) electrons. The van der Waals surface area contributed by atoms with Crippen molar-refractivity contribution in [1.29, 1.82) is 0 Å². The molecule has 20 heavy (non-hydrogen) atoms. The van der Waals surface area contributed by atoms with E-state index in [0.717, 1.165) is 11.3 Å². The maximum absolute atomic E-state index is 11.9. The molecule has 5 nitrogen and oxygen atoms in total. The minimum atomic E-state index is -0.469. The third-order valence-corrected chi connectivity index (χ3v) is 3.07. The Bertz CT molecular complexity index is 650. The van der Waals surface area contributed by atoms with Gasteiger partial charge in [0.25, 0.3) is 0 Å². The fourth-order valence-corrected chi connectivity index (χ4v) is 1.99. The van der Waals surface area contributed by atoms with Gasteiger partial charge in [-0.25, -0.2) is 9.48 Å². The van der Waals surface area contributed by atoms with Crippen molar-refractivity contribution < 1.29 is 9.53 Å². The Labute approximate surface area is 122 Å². The van der Waals surface area contributed by atoms with E-state index in [1.165, 1.54) is 0 Å². The van der Waals surface area contributed by atoms with Crippen LogP contribution in [0.3, 0.4) is 0 Å². The van der Waals surface area contributed by atoms with Gasteiger partial charge in [-0.2, -0.15) is 0 Å². The molecule has 6 heteroatoms. The van der Waals surface area contributed by atoms with Gasteiger partial charge in [0, 0.05) is 5.02 Å². The Morgan fingerprint density at radius 2 is 2.05 bits per heavy atom. The Morgan fingerprint density at radius 3 is 2.70 bits per heavy atom. The average molecular weight is 294 g/mol. The van der Waals surface area contributed by atoms with Crippen molar-refractivity contribution in [3.63, 3.8) is 0 Å². The maximum atomic E-state index is 11.9. The van der Waals surface area contributed by atoms with Gasteiger partial charge in [0.05, 0.1) is 17.5 Å². The van der Waals surface area contributed by atoms with Crippen molar-refractivity contribution in [2.24, 2.45) is 0 Å². The SMILES string of the molecule is Cc1ccc(Cl)cc1-n1nnc(C(=O)OC(C)C)c1C. The van der Waals surface area contributed by atoms with Crippen LogP contribution in [0.25, 0.3) is 5.69 Å². The van der Waals surface area contributed by atoms with Gasteiger partial charge in [0.1, 0.15) is 0 Å². The number of carbonyl (C=O) groups is 1. The van der Waals surface area contributed by atoms with Gasteiger partial charge in [-0.1, -0.05) is 22.9 Å². The van der Waals surface area contributed by atoms with Crippen LogP contribution in [-0.2, 0) is 4.74 Å². The lowest BCUT2D eigenvalue weighted by molar-refractivity contribution is 0.0370. The number of benzene rings is 1. The van der Waals surface area contributed by atoms with Crippen LogP contribution in [0, 0.1) is 13.8 Å². The standard InChI is InChI=1S/C14H16ClN3O2/c1-8(2)20-14(19)13-10(4)18(17-16-13)12-7-11(15)6-5-9(12)3/h5-8H,1-4H3. The van der Waals surface area contributed by atoms with E-state index in [1.807, 2.05) is 13.0 Å². The summed E-state index contributed by atoms with van der Waals surface area (Å²) in [6.45, 7) is 7.30. The zero-order valence-electron chi connectivity index (χ0n) is 11.8. The van der Waals surface area contributed by atoms with E-state index in [1.54, 1.807) is 37.6 Å². The first kappa shape index (κ1) is 14.5. The highest BCUT2D eigenvalue weighted by Gasteiger charge is 2.20. The molecule has 0 amide bonds. The molecule has 0 N–H and O–H groups in total. The van der Waals surface area contributed by atoms with Crippen molar-refractivity contribution in [1.82, 2.24) is 15.0 Å². The number of nitrogens with zero attached hydrogens (tertiary/aromatic N) is 3. The first-order chi connectivity index (χ1) is 9.40. The predicted molar refractivity (Wildman–Crippen MR) is 76.4 cm³/mol. The van der Waals surface area contributed by atoms with Gasteiger partial charge in [-0.15, -0.1) is 5.10 Å². The third kappa shape index (κ3) is 2.82. The number of ether oxygens (including phenoxy) is 1.